The van der Waals surface area contributed by atoms with Gasteiger partial charge >= 0.3 is 0 Å². The van der Waals surface area contributed by atoms with Crippen LogP contribution >= 0.6 is 0 Å². The van der Waals surface area contributed by atoms with E-state index in [9.17, 15) is 0 Å². The molecule has 1 aromatic rings. The van der Waals surface area contributed by atoms with Gasteiger partial charge in [0.05, 0.1) is 19.0 Å². The molecule has 0 aliphatic carbocycles. The third-order valence-corrected chi connectivity index (χ3v) is 3.88. The number of furan rings is 1. The molecule has 0 radical (unpaired) electrons. The lowest BCUT2D eigenvalue weighted by Gasteiger charge is -2.32. The zero-order valence-electron chi connectivity index (χ0n) is 9.95. The third-order valence-electron chi connectivity index (χ3n) is 3.88. The summed E-state index contributed by atoms with van der Waals surface area (Å²) in [5.74, 6) is 1.68. The maximum Gasteiger partial charge on any atom is 0.129 e. The zero-order valence-corrected chi connectivity index (χ0v) is 9.95. The molecule has 2 atom stereocenters. The molecule has 3 nitrogen and oxygen atoms in total. The van der Waals surface area contributed by atoms with Gasteiger partial charge in [0, 0.05) is 13.0 Å². The number of nitrogens with one attached hydrogen (secondary N) is 1. The molecule has 3 heterocycles. The zero-order chi connectivity index (χ0) is 11.2. The average Bonchev–Trinajstić information content (AvgIpc) is 2.86. The van der Waals surface area contributed by atoms with Crippen molar-refractivity contribution in [2.75, 3.05) is 13.2 Å². The molecule has 3 heteroatoms. The first kappa shape index (κ1) is 10.4. The number of hydrogen-bond acceptors (Lipinski definition) is 3. The van der Waals surface area contributed by atoms with Crippen molar-refractivity contribution in [3.8, 4) is 0 Å². The lowest BCUT2D eigenvalue weighted by molar-refractivity contribution is 0.0674. The number of fused-ring (bicyclic) bond motifs is 2. The topological polar surface area (TPSA) is 34.4 Å². The summed E-state index contributed by atoms with van der Waals surface area (Å²) in [5.41, 5.74) is 1.30. The van der Waals surface area contributed by atoms with Crippen LogP contribution in [0.4, 0.5) is 0 Å². The predicted octanol–water partition coefficient (Wildman–Crippen LogP) is 2.07. The normalized spacial score (nSPS) is 33.6. The van der Waals surface area contributed by atoms with Crippen molar-refractivity contribution < 1.29 is 9.15 Å². The Bertz CT molecular complexity index is 385. The standard InChI is InChI=1S/C13H19NO2/c1-9(2)11-7-13(8-16-11)12-10(3-5-14-13)4-6-15-12/h4,6,9,11,14H,3,5,7-8H2,1-2H3. The summed E-state index contributed by atoms with van der Waals surface area (Å²) >= 11 is 0. The van der Waals surface area contributed by atoms with Crippen LogP contribution in [0.25, 0.3) is 0 Å². The van der Waals surface area contributed by atoms with E-state index in [0.29, 0.717) is 12.0 Å². The van der Waals surface area contributed by atoms with Crippen LogP contribution in [0.1, 0.15) is 31.6 Å². The Hall–Kier alpha value is -0.800. The lowest BCUT2D eigenvalue weighted by atomic mass is 9.84. The first-order chi connectivity index (χ1) is 7.71. The summed E-state index contributed by atoms with van der Waals surface area (Å²) in [6, 6.07) is 2.10. The van der Waals surface area contributed by atoms with Crippen molar-refractivity contribution in [1.82, 2.24) is 5.32 Å². The minimum atomic E-state index is -0.0496. The van der Waals surface area contributed by atoms with Gasteiger partial charge in [-0.2, -0.15) is 0 Å². The van der Waals surface area contributed by atoms with Gasteiger partial charge < -0.3 is 14.5 Å². The molecule has 0 bridgehead atoms. The van der Waals surface area contributed by atoms with Gasteiger partial charge in [0.25, 0.3) is 0 Å². The van der Waals surface area contributed by atoms with Crippen LogP contribution in [0.3, 0.4) is 0 Å². The van der Waals surface area contributed by atoms with E-state index < -0.39 is 0 Å². The second-order valence-corrected chi connectivity index (χ2v) is 5.33. The van der Waals surface area contributed by atoms with Gasteiger partial charge in [-0.05, 0) is 24.0 Å². The van der Waals surface area contributed by atoms with E-state index in [1.807, 2.05) is 6.26 Å². The highest BCUT2D eigenvalue weighted by molar-refractivity contribution is 5.29. The largest absolute Gasteiger partial charge is 0.467 e. The Morgan fingerprint density at radius 1 is 1.50 bits per heavy atom. The lowest BCUT2D eigenvalue weighted by Crippen LogP contribution is -2.47. The van der Waals surface area contributed by atoms with Crippen LogP contribution in [0.15, 0.2) is 16.7 Å². The van der Waals surface area contributed by atoms with Crippen LogP contribution in [0.2, 0.25) is 0 Å². The predicted molar refractivity (Wildman–Crippen MR) is 61.3 cm³/mol. The van der Waals surface area contributed by atoms with Crippen molar-refractivity contribution in [2.24, 2.45) is 5.92 Å². The minimum absolute atomic E-state index is 0.0496. The SMILES string of the molecule is CC(C)C1CC2(CO1)NCCc1ccoc12. The van der Waals surface area contributed by atoms with Crippen molar-refractivity contribution in [3.63, 3.8) is 0 Å². The van der Waals surface area contributed by atoms with E-state index in [0.717, 1.165) is 31.8 Å². The highest BCUT2D eigenvalue weighted by Crippen LogP contribution is 2.40. The summed E-state index contributed by atoms with van der Waals surface area (Å²) < 4.78 is 11.6. The average molecular weight is 221 g/mol. The maximum atomic E-state index is 5.91. The molecule has 1 N–H and O–H groups in total. The molecule has 1 fully saturated rings. The first-order valence-electron chi connectivity index (χ1n) is 6.15. The summed E-state index contributed by atoms with van der Waals surface area (Å²) in [6.45, 7) is 6.21. The van der Waals surface area contributed by atoms with Crippen LogP contribution in [-0.4, -0.2) is 19.3 Å². The van der Waals surface area contributed by atoms with E-state index in [2.05, 4.69) is 25.2 Å². The quantitative estimate of drug-likeness (QED) is 0.788. The molecule has 2 aliphatic heterocycles. The second kappa shape index (κ2) is 3.60. The van der Waals surface area contributed by atoms with Crippen LogP contribution < -0.4 is 5.32 Å². The molecule has 0 aromatic carbocycles. The maximum absolute atomic E-state index is 5.91. The molecule has 2 aliphatic rings. The Balaban J connectivity index is 1.92. The molecule has 1 spiro atoms. The molecule has 1 aromatic heterocycles. The number of rotatable bonds is 1. The second-order valence-electron chi connectivity index (χ2n) is 5.33. The van der Waals surface area contributed by atoms with Gasteiger partial charge in [-0.1, -0.05) is 13.8 Å². The molecule has 3 rings (SSSR count). The van der Waals surface area contributed by atoms with Gasteiger partial charge in [-0.3, -0.25) is 0 Å². The van der Waals surface area contributed by atoms with Gasteiger partial charge in [0.15, 0.2) is 0 Å². The van der Waals surface area contributed by atoms with Gasteiger partial charge in [-0.15, -0.1) is 0 Å². The summed E-state index contributed by atoms with van der Waals surface area (Å²) in [6.07, 6.45) is 4.26. The molecule has 0 saturated carbocycles. The number of ether oxygens (including phenoxy) is 1. The molecule has 0 amide bonds. The monoisotopic (exact) mass is 221 g/mol. The van der Waals surface area contributed by atoms with Crippen LogP contribution in [0.5, 0.6) is 0 Å². The van der Waals surface area contributed by atoms with E-state index in [4.69, 9.17) is 9.15 Å². The highest BCUT2D eigenvalue weighted by atomic mass is 16.5. The highest BCUT2D eigenvalue weighted by Gasteiger charge is 2.47. The molecule has 2 unspecified atom stereocenters. The Labute approximate surface area is 96.2 Å². The van der Waals surface area contributed by atoms with Gasteiger partial charge in [-0.25, -0.2) is 0 Å². The molecule has 16 heavy (non-hydrogen) atoms. The summed E-state index contributed by atoms with van der Waals surface area (Å²) in [7, 11) is 0. The minimum Gasteiger partial charge on any atom is -0.467 e. The molecular formula is C13H19NO2. The molecular weight excluding hydrogens is 202 g/mol. The first-order valence-corrected chi connectivity index (χ1v) is 6.15. The van der Waals surface area contributed by atoms with Crippen molar-refractivity contribution in [2.45, 2.75) is 38.3 Å². The summed E-state index contributed by atoms with van der Waals surface area (Å²) in [5, 5.41) is 3.60. The smallest absolute Gasteiger partial charge is 0.129 e. The van der Waals surface area contributed by atoms with Crippen molar-refractivity contribution >= 4 is 0 Å². The molecule has 88 valence electrons. The fourth-order valence-electron chi connectivity index (χ4n) is 2.89. The van der Waals surface area contributed by atoms with E-state index in [-0.39, 0.29) is 5.54 Å². The fraction of sp³-hybridized carbons (Fsp3) is 0.692. The van der Waals surface area contributed by atoms with E-state index in [1.54, 1.807) is 0 Å². The van der Waals surface area contributed by atoms with Gasteiger partial charge in [0.2, 0.25) is 0 Å². The summed E-state index contributed by atoms with van der Waals surface area (Å²) in [4.78, 5) is 0. The number of hydrogen-bond donors (Lipinski definition) is 1. The third kappa shape index (κ3) is 1.42. The Morgan fingerprint density at radius 3 is 3.12 bits per heavy atom. The van der Waals surface area contributed by atoms with E-state index >= 15 is 0 Å². The Kier molecular flexibility index (Phi) is 2.33. The van der Waals surface area contributed by atoms with Gasteiger partial charge in [0.1, 0.15) is 11.3 Å². The van der Waals surface area contributed by atoms with Crippen LogP contribution in [-0.2, 0) is 16.7 Å². The fourth-order valence-corrected chi connectivity index (χ4v) is 2.89. The van der Waals surface area contributed by atoms with Crippen molar-refractivity contribution in [1.29, 1.82) is 0 Å². The molecule has 1 saturated heterocycles. The van der Waals surface area contributed by atoms with Crippen molar-refractivity contribution in [3.05, 3.63) is 23.7 Å². The Morgan fingerprint density at radius 2 is 2.38 bits per heavy atom. The van der Waals surface area contributed by atoms with E-state index in [1.165, 1.54) is 5.56 Å². The van der Waals surface area contributed by atoms with Crippen LogP contribution in [0, 0.1) is 5.92 Å².